The van der Waals surface area contributed by atoms with Crippen LogP contribution in [0.2, 0.25) is 5.02 Å². The second kappa shape index (κ2) is 6.19. The van der Waals surface area contributed by atoms with E-state index in [2.05, 4.69) is 15.2 Å². The molecule has 2 aromatic rings. The molecule has 2 rings (SSSR count). The first-order chi connectivity index (χ1) is 9.18. The fourth-order valence-corrected chi connectivity index (χ4v) is 1.64. The van der Waals surface area contributed by atoms with Gasteiger partial charge in [0.2, 0.25) is 5.82 Å². The van der Waals surface area contributed by atoms with E-state index in [0.29, 0.717) is 23.9 Å². The zero-order valence-corrected chi connectivity index (χ0v) is 11.1. The smallest absolute Gasteiger partial charge is 0.291 e. The van der Waals surface area contributed by atoms with E-state index in [-0.39, 0.29) is 11.7 Å². The van der Waals surface area contributed by atoms with Crippen LogP contribution in [0.4, 0.5) is 0 Å². The summed E-state index contributed by atoms with van der Waals surface area (Å²) < 4.78 is 5.50. The highest BCUT2D eigenvalue weighted by Gasteiger charge is 2.14. The van der Waals surface area contributed by atoms with Gasteiger partial charge in [-0.3, -0.25) is 9.89 Å². The Bertz CT molecular complexity index is 544. The molecule has 0 spiro atoms. The number of aromatic amines is 1. The van der Waals surface area contributed by atoms with Gasteiger partial charge in [0, 0.05) is 7.05 Å². The molecule has 7 heteroatoms. The zero-order chi connectivity index (χ0) is 13.7. The number of amides is 1. The number of hydrogen-bond donors (Lipinski definition) is 1. The van der Waals surface area contributed by atoms with Crippen LogP contribution < -0.4 is 4.74 Å². The van der Waals surface area contributed by atoms with E-state index in [0.717, 1.165) is 0 Å². The van der Waals surface area contributed by atoms with Crippen LogP contribution in [-0.2, 0) is 0 Å². The Balaban J connectivity index is 1.83. The number of ether oxygens (including phenoxy) is 1. The molecule has 0 unspecified atom stereocenters. The molecule has 0 radical (unpaired) electrons. The van der Waals surface area contributed by atoms with Gasteiger partial charge in [-0.1, -0.05) is 23.7 Å². The average Bonchev–Trinajstić information content (AvgIpc) is 2.94. The summed E-state index contributed by atoms with van der Waals surface area (Å²) in [6.07, 6.45) is 1.29. The SMILES string of the molecule is CN(CCOc1ccccc1Cl)C(=O)c1ncn[nH]1. The number of hydrogen-bond acceptors (Lipinski definition) is 4. The second-order valence-electron chi connectivity index (χ2n) is 3.84. The number of nitrogens with one attached hydrogen (secondary N) is 1. The van der Waals surface area contributed by atoms with Crippen LogP contribution in [0.25, 0.3) is 0 Å². The van der Waals surface area contributed by atoms with Crippen LogP contribution in [-0.4, -0.2) is 46.2 Å². The lowest BCUT2D eigenvalue weighted by Gasteiger charge is -2.16. The molecular weight excluding hydrogens is 268 g/mol. The second-order valence-corrected chi connectivity index (χ2v) is 4.25. The van der Waals surface area contributed by atoms with Crippen LogP contribution in [0.5, 0.6) is 5.75 Å². The van der Waals surface area contributed by atoms with Crippen molar-refractivity contribution < 1.29 is 9.53 Å². The van der Waals surface area contributed by atoms with Crippen molar-refractivity contribution in [2.24, 2.45) is 0 Å². The summed E-state index contributed by atoms with van der Waals surface area (Å²) in [5.74, 6) is 0.574. The molecule has 1 amide bonds. The van der Waals surface area contributed by atoms with Gasteiger partial charge >= 0.3 is 0 Å². The Kier molecular flexibility index (Phi) is 4.35. The van der Waals surface area contributed by atoms with Gasteiger partial charge in [0.15, 0.2) is 0 Å². The summed E-state index contributed by atoms with van der Waals surface area (Å²) in [4.78, 5) is 17.1. The summed E-state index contributed by atoms with van der Waals surface area (Å²) in [7, 11) is 1.67. The van der Waals surface area contributed by atoms with Crippen LogP contribution in [0.15, 0.2) is 30.6 Å². The molecular formula is C12H13ClN4O2. The number of likely N-dealkylation sites (N-methyl/N-ethyl adjacent to an activating group) is 1. The highest BCUT2D eigenvalue weighted by atomic mass is 35.5. The van der Waals surface area contributed by atoms with Crippen LogP contribution in [0, 0.1) is 0 Å². The topological polar surface area (TPSA) is 71.1 Å². The molecule has 0 fully saturated rings. The summed E-state index contributed by atoms with van der Waals surface area (Å²) in [6.45, 7) is 0.769. The number of aromatic nitrogens is 3. The molecule has 1 aromatic heterocycles. The van der Waals surface area contributed by atoms with Gasteiger partial charge in [0.25, 0.3) is 5.91 Å². The summed E-state index contributed by atoms with van der Waals surface area (Å²) in [5.41, 5.74) is 0. The van der Waals surface area contributed by atoms with E-state index in [4.69, 9.17) is 16.3 Å². The third-order valence-electron chi connectivity index (χ3n) is 2.49. The van der Waals surface area contributed by atoms with Crippen LogP contribution >= 0.6 is 11.6 Å². The molecule has 0 saturated heterocycles. The molecule has 0 aliphatic rings. The number of halogens is 1. The van der Waals surface area contributed by atoms with E-state index >= 15 is 0 Å². The molecule has 0 saturated carbocycles. The number of H-pyrrole nitrogens is 1. The Morgan fingerprint density at radius 3 is 2.95 bits per heavy atom. The zero-order valence-electron chi connectivity index (χ0n) is 10.3. The maximum absolute atomic E-state index is 11.8. The molecule has 100 valence electrons. The Morgan fingerprint density at radius 2 is 2.26 bits per heavy atom. The number of nitrogens with zero attached hydrogens (tertiary/aromatic N) is 3. The van der Waals surface area contributed by atoms with Crippen molar-refractivity contribution in [3.05, 3.63) is 41.4 Å². The number of carbonyl (C=O) groups is 1. The molecule has 0 bridgehead atoms. The largest absolute Gasteiger partial charge is 0.490 e. The predicted molar refractivity (Wildman–Crippen MR) is 70.3 cm³/mol. The minimum atomic E-state index is -0.236. The normalized spacial score (nSPS) is 10.2. The van der Waals surface area contributed by atoms with Gasteiger partial charge < -0.3 is 9.64 Å². The number of para-hydroxylation sites is 1. The quantitative estimate of drug-likeness (QED) is 0.903. The number of carbonyl (C=O) groups excluding carboxylic acids is 1. The number of rotatable bonds is 5. The van der Waals surface area contributed by atoms with Crippen molar-refractivity contribution in [1.29, 1.82) is 0 Å². The summed E-state index contributed by atoms with van der Waals surface area (Å²) in [6, 6.07) is 7.19. The van der Waals surface area contributed by atoms with Crippen molar-refractivity contribution >= 4 is 17.5 Å². The molecule has 19 heavy (non-hydrogen) atoms. The minimum absolute atomic E-state index is 0.209. The molecule has 1 aromatic carbocycles. The molecule has 6 nitrogen and oxygen atoms in total. The molecule has 1 heterocycles. The van der Waals surface area contributed by atoms with E-state index in [1.807, 2.05) is 12.1 Å². The van der Waals surface area contributed by atoms with Crippen LogP contribution in [0.3, 0.4) is 0 Å². The first-order valence-corrected chi connectivity index (χ1v) is 6.04. The lowest BCUT2D eigenvalue weighted by Crippen LogP contribution is -2.31. The fourth-order valence-electron chi connectivity index (χ4n) is 1.45. The van der Waals surface area contributed by atoms with Gasteiger partial charge in [0.1, 0.15) is 18.7 Å². The van der Waals surface area contributed by atoms with Gasteiger partial charge in [-0.05, 0) is 12.1 Å². The predicted octanol–water partition coefficient (Wildman–Crippen LogP) is 1.61. The van der Waals surface area contributed by atoms with Crippen molar-refractivity contribution in [3.63, 3.8) is 0 Å². The Morgan fingerprint density at radius 1 is 1.47 bits per heavy atom. The summed E-state index contributed by atoms with van der Waals surface area (Å²) >= 11 is 5.95. The number of benzene rings is 1. The third-order valence-corrected chi connectivity index (χ3v) is 2.80. The lowest BCUT2D eigenvalue weighted by molar-refractivity contribution is 0.0762. The van der Waals surface area contributed by atoms with Crippen molar-refractivity contribution in [1.82, 2.24) is 20.1 Å². The Labute approximate surface area is 115 Å². The van der Waals surface area contributed by atoms with Gasteiger partial charge in [-0.25, -0.2) is 4.98 Å². The monoisotopic (exact) mass is 280 g/mol. The minimum Gasteiger partial charge on any atom is -0.490 e. The molecule has 1 N–H and O–H groups in total. The van der Waals surface area contributed by atoms with E-state index < -0.39 is 0 Å². The van der Waals surface area contributed by atoms with E-state index in [1.165, 1.54) is 11.2 Å². The Hall–Kier alpha value is -2.08. The third kappa shape index (κ3) is 3.45. The van der Waals surface area contributed by atoms with Crippen molar-refractivity contribution in [3.8, 4) is 5.75 Å². The maximum Gasteiger partial charge on any atom is 0.291 e. The van der Waals surface area contributed by atoms with Crippen molar-refractivity contribution in [2.75, 3.05) is 20.2 Å². The first kappa shape index (κ1) is 13.4. The van der Waals surface area contributed by atoms with Gasteiger partial charge in [-0.2, -0.15) is 5.10 Å². The van der Waals surface area contributed by atoms with Crippen LogP contribution in [0.1, 0.15) is 10.6 Å². The van der Waals surface area contributed by atoms with Crippen molar-refractivity contribution in [2.45, 2.75) is 0 Å². The lowest BCUT2D eigenvalue weighted by atomic mass is 10.3. The van der Waals surface area contributed by atoms with Gasteiger partial charge in [-0.15, -0.1) is 0 Å². The molecule has 0 atom stereocenters. The molecule has 0 aliphatic heterocycles. The molecule has 0 aliphatic carbocycles. The van der Waals surface area contributed by atoms with E-state index in [9.17, 15) is 4.79 Å². The highest BCUT2D eigenvalue weighted by Crippen LogP contribution is 2.22. The standard InChI is InChI=1S/C12H13ClN4O2/c1-17(12(18)11-14-8-15-16-11)6-7-19-10-5-3-2-4-9(10)13/h2-5,8H,6-7H2,1H3,(H,14,15,16). The van der Waals surface area contributed by atoms with E-state index in [1.54, 1.807) is 19.2 Å². The average molecular weight is 281 g/mol. The highest BCUT2D eigenvalue weighted by molar-refractivity contribution is 6.32. The summed E-state index contributed by atoms with van der Waals surface area (Å²) in [5, 5.41) is 6.70. The maximum atomic E-state index is 11.8. The fraction of sp³-hybridized carbons (Fsp3) is 0.250. The van der Waals surface area contributed by atoms with Gasteiger partial charge in [0.05, 0.1) is 11.6 Å². The first-order valence-electron chi connectivity index (χ1n) is 5.66.